The molecule has 2 nitrogen and oxygen atoms in total. The Balaban J connectivity index is 2.23. The van der Waals surface area contributed by atoms with Gasteiger partial charge in [0.05, 0.1) is 12.7 Å². The van der Waals surface area contributed by atoms with E-state index in [4.69, 9.17) is 4.74 Å². The van der Waals surface area contributed by atoms with Gasteiger partial charge in [0.1, 0.15) is 5.75 Å². The highest BCUT2D eigenvalue weighted by Crippen LogP contribution is 2.39. The summed E-state index contributed by atoms with van der Waals surface area (Å²) in [5.41, 5.74) is 0.579. The number of aliphatic hydroxyl groups is 1. The second-order valence-electron chi connectivity index (χ2n) is 5.03. The highest BCUT2D eigenvalue weighted by Gasteiger charge is 2.38. The number of ether oxygens (including phenoxy) is 1. The van der Waals surface area contributed by atoms with Gasteiger partial charge in [0.15, 0.2) is 0 Å². The SMILES string of the molecule is COc1ccc(Br)c(CC2(O)CCCC2C)c1. The molecule has 0 aromatic heterocycles. The van der Waals surface area contributed by atoms with E-state index in [1.165, 1.54) is 0 Å². The van der Waals surface area contributed by atoms with Gasteiger partial charge in [0.2, 0.25) is 0 Å². The van der Waals surface area contributed by atoms with E-state index in [-0.39, 0.29) is 0 Å². The van der Waals surface area contributed by atoms with Gasteiger partial charge in [-0.15, -0.1) is 0 Å². The fraction of sp³-hybridized carbons (Fsp3) is 0.571. The van der Waals surface area contributed by atoms with Crippen molar-refractivity contribution < 1.29 is 9.84 Å². The van der Waals surface area contributed by atoms with Crippen LogP contribution in [0.25, 0.3) is 0 Å². The number of halogens is 1. The molecule has 1 aliphatic carbocycles. The summed E-state index contributed by atoms with van der Waals surface area (Å²) in [6.45, 7) is 2.14. The van der Waals surface area contributed by atoms with E-state index in [1.54, 1.807) is 7.11 Å². The van der Waals surface area contributed by atoms with E-state index >= 15 is 0 Å². The van der Waals surface area contributed by atoms with Crippen molar-refractivity contribution in [1.29, 1.82) is 0 Å². The molecule has 1 saturated carbocycles. The van der Waals surface area contributed by atoms with Gasteiger partial charge in [-0.3, -0.25) is 0 Å². The molecule has 2 atom stereocenters. The molecule has 0 heterocycles. The first-order chi connectivity index (χ1) is 8.05. The van der Waals surface area contributed by atoms with Crippen LogP contribution in [0.3, 0.4) is 0 Å². The predicted octanol–water partition coefficient (Wildman–Crippen LogP) is 3.55. The maximum Gasteiger partial charge on any atom is 0.119 e. The third-order valence-corrected chi connectivity index (χ3v) is 4.69. The van der Waals surface area contributed by atoms with E-state index in [9.17, 15) is 5.11 Å². The standard InChI is InChI=1S/C14H19BrO2/c1-10-4-3-7-14(10,16)9-11-8-12(17-2)5-6-13(11)15/h5-6,8,10,16H,3-4,7,9H2,1-2H3. The van der Waals surface area contributed by atoms with Crippen molar-refractivity contribution in [2.45, 2.75) is 38.2 Å². The summed E-state index contributed by atoms with van der Waals surface area (Å²) in [5.74, 6) is 1.22. The number of hydrogen-bond donors (Lipinski definition) is 1. The van der Waals surface area contributed by atoms with Crippen molar-refractivity contribution in [1.82, 2.24) is 0 Å². The van der Waals surface area contributed by atoms with Gasteiger partial charge in [-0.05, 0) is 42.5 Å². The van der Waals surface area contributed by atoms with Gasteiger partial charge in [-0.25, -0.2) is 0 Å². The molecule has 0 aliphatic heterocycles. The quantitative estimate of drug-likeness (QED) is 0.925. The molecule has 94 valence electrons. The summed E-state index contributed by atoms with van der Waals surface area (Å²) in [4.78, 5) is 0. The molecule has 1 aliphatic rings. The molecule has 0 spiro atoms. The molecule has 3 heteroatoms. The van der Waals surface area contributed by atoms with Crippen LogP contribution in [0.1, 0.15) is 31.7 Å². The number of methoxy groups -OCH3 is 1. The van der Waals surface area contributed by atoms with Crippen molar-refractivity contribution in [2.75, 3.05) is 7.11 Å². The Bertz CT molecular complexity index is 405. The smallest absolute Gasteiger partial charge is 0.119 e. The number of rotatable bonds is 3. The highest BCUT2D eigenvalue weighted by molar-refractivity contribution is 9.10. The maximum atomic E-state index is 10.6. The van der Waals surface area contributed by atoms with Crippen LogP contribution in [0.15, 0.2) is 22.7 Å². The normalized spacial score (nSPS) is 28.4. The summed E-state index contributed by atoms with van der Waals surface area (Å²) < 4.78 is 6.28. The fourth-order valence-corrected chi connectivity index (χ4v) is 3.02. The second kappa shape index (κ2) is 4.99. The first-order valence-electron chi connectivity index (χ1n) is 6.10. The average molecular weight is 299 g/mol. The lowest BCUT2D eigenvalue weighted by Gasteiger charge is -2.28. The minimum absolute atomic E-state index is 0.376. The molecule has 1 aromatic rings. The molecule has 2 unspecified atom stereocenters. The fourth-order valence-electron chi connectivity index (χ4n) is 2.64. The van der Waals surface area contributed by atoms with Crippen molar-refractivity contribution in [3.05, 3.63) is 28.2 Å². The molecule has 1 aromatic carbocycles. The lowest BCUT2D eigenvalue weighted by atomic mass is 9.86. The zero-order valence-corrected chi connectivity index (χ0v) is 12.0. The Hall–Kier alpha value is -0.540. The summed E-state index contributed by atoms with van der Waals surface area (Å²) >= 11 is 3.54. The first kappa shape index (κ1) is 12.9. The summed E-state index contributed by atoms with van der Waals surface area (Å²) in [6.07, 6.45) is 3.85. The van der Waals surface area contributed by atoms with Crippen LogP contribution in [-0.4, -0.2) is 17.8 Å². The number of benzene rings is 1. The Morgan fingerprint density at radius 1 is 1.53 bits per heavy atom. The predicted molar refractivity (Wildman–Crippen MR) is 72.4 cm³/mol. The zero-order valence-electron chi connectivity index (χ0n) is 10.4. The lowest BCUT2D eigenvalue weighted by Crippen LogP contribution is -2.34. The van der Waals surface area contributed by atoms with Gasteiger partial charge in [0, 0.05) is 10.9 Å². The number of hydrogen-bond acceptors (Lipinski definition) is 2. The largest absolute Gasteiger partial charge is 0.497 e. The van der Waals surface area contributed by atoms with Crippen LogP contribution in [0.5, 0.6) is 5.75 Å². The molecule has 0 amide bonds. The van der Waals surface area contributed by atoms with Crippen LogP contribution in [0.2, 0.25) is 0 Å². The van der Waals surface area contributed by atoms with Crippen molar-refractivity contribution in [3.63, 3.8) is 0 Å². The van der Waals surface area contributed by atoms with Crippen LogP contribution in [0.4, 0.5) is 0 Å². The Morgan fingerprint density at radius 2 is 2.29 bits per heavy atom. The first-order valence-corrected chi connectivity index (χ1v) is 6.89. The lowest BCUT2D eigenvalue weighted by molar-refractivity contribution is 0.00942. The molecule has 17 heavy (non-hydrogen) atoms. The van der Waals surface area contributed by atoms with E-state index in [0.717, 1.165) is 35.0 Å². The third kappa shape index (κ3) is 2.66. The highest BCUT2D eigenvalue weighted by atomic mass is 79.9. The van der Waals surface area contributed by atoms with Crippen LogP contribution < -0.4 is 4.74 Å². The molecule has 1 N–H and O–H groups in total. The molecule has 0 saturated heterocycles. The summed E-state index contributed by atoms with van der Waals surface area (Å²) in [6, 6.07) is 5.92. The average Bonchev–Trinajstić information content (AvgIpc) is 2.62. The minimum Gasteiger partial charge on any atom is -0.497 e. The Morgan fingerprint density at radius 3 is 2.88 bits per heavy atom. The van der Waals surface area contributed by atoms with Crippen LogP contribution >= 0.6 is 15.9 Å². The van der Waals surface area contributed by atoms with Crippen molar-refractivity contribution >= 4 is 15.9 Å². The van der Waals surface area contributed by atoms with Gasteiger partial charge in [-0.2, -0.15) is 0 Å². The van der Waals surface area contributed by atoms with E-state index < -0.39 is 5.60 Å². The molecular formula is C14H19BrO2. The van der Waals surface area contributed by atoms with E-state index in [2.05, 4.69) is 22.9 Å². The van der Waals surface area contributed by atoms with E-state index in [1.807, 2.05) is 18.2 Å². The summed E-state index contributed by atoms with van der Waals surface area (Å²) in [5, 5.41) is 10.6. The molecular weight excluding hydrogens is 280 g/mol. The van der Waals surface area contributed by atoms with Crippen LogP contribution in [0, 0.1) is 5.92 Å². The van der Waals surface area contributed by atoms with Crippen molar-refractivity contribution in [2.24, 2.45) is 5.92 Å². The monoisotopic (exact) mass is 298 g/mol. The molecule has 0 radical (unpaired) electrons. The van der Waals surface area contributed by atoms with Gasteiger partial charge in [0.25, 0.3) is 0 Å². The minimum atomic E-state index is -0.547. The van der Waals surface area contributed by atoms with Crippen LogP contribution in [-0.2, 0) is 6.42 Å². The Labute approximate surface area is 111 Å². The second-order valence-corrected chi connectivity index (χ2v) is 5.89. The van der Waals surface area contributed by atoms with E-state index in [0.29, 0.717) is 12.3 Å². The van der Waals surface area contributed by atoms with Gasteiger partial charge >= 0.3 is 0 Å². The molecule has 2 rings (SSSR count). The molecule has 1 fully saturated rings. The van der Waals surface area contributed by atoms with Crippen molar-refractivity contribution in [3.8, 4) is 5.75 Å². The van der Waals surface area contributed by atoms with Gasteiger partial charge in [-0.1, -0.05) is 29.3 Å². The third-order valence-electron chi connectivity index (χ3n) is 3.91. The Kier molecular flexibility index (Phi) is 3.79. The summed E-state index contributed by atoms with van der Waals surface area (Å²) in [7, 11) is 1.67. The molecule has 0 bridgehead atoms. The topological polar surface area (TPSA) is 29.5 Å². The maximum absolute atomic E-state index is 10.6. The zero-order chi connectivity index (χ0) is 12.5. The van der Waals surface area contributed by atoms with Gasteiger partial charge < -0.3 is 9.84 Å².